The third kappa shape index (κ3) is 6.18. The number of halogens is 5. The molecular formula is C13H16F5NO. The van der Waals surface area contributed by atoms with Gasteiger partial charge in [0.15, 0.2) is 0 Å². The van der Waals surface area contributed by atoms with E-state index in [9.17, 15) is 22.0 Å². The average molecular weight is 297 g/mol. The summed E-state index contributed by atoms with van der Waals surface area (Å²) in [7, 11) is 0. The molecule has 1 N–H and O–H groups in total. The van der Waals surface area contributed by atoms with Gasteiger partial charge in [0.25, 0.3) is 0 Å². The molecular weight excluding hydrogens is 281 g/mol. The van der Waals surface area contributed by atoms with Gasteiger partial charge < -0.3 is 10.1 Å². The molecule has 1 rings (SSSR count). The topological polar surface area (TPSA) is 21.3 Å². The zero-order chi connectivity index (χ0) is 15.3. The van der Waals surface area contributed by atoms with E-state index < -0.39 is 25.3 Å². The molecule has 0 aliphatic rings. The Morgan fingerprint density at radius 3 is 2.10 bits per heavy atom. The molecule has 0 aromatic heterocycles. The van der Waals surface area contributed by atoms with Gasteiger partial charge in [0, 0.05) is 12.1 Å². The summed E-state index contributed by atoms with van der Waals surface area (Å²) in [5, 5.41) is 2.80. The summed E-state index contributed by atoms with van der Waals surface area (Å²) in [4.78, 5) is 0. The average Bonchev–Trinajstić information content (AvgIpc) is 2.26. The summed E-state index contributed by atoms with van der Waals surface area (Å²) in [5.74, 6) is 0.0132. The van der Waals surface area contributed by atoms with E-state index >= 15 is 0 Å². The van der Waals surface area contributed by atoms with E-state index in [4.69, 9.17) is 0 Å². The Morgan fingerprint density at radius 1 is 1.10 bits per heavy atom. The quantitative estimate of drug-likeness (QED) is 0.791. The summed E-state index contributed by atoms with van der Waals surface area (Å²) in [6.07, 6.45) is -5.15. The van der Waals surface area contributed by atoms with E-state index in [1.807, 2.05) is 0 Å². The zero-order valence-corrected chi connectivity index (χ0v) is 11.0. The lowest BCUT2D eigenvalue weighted by molar-refractivity contribution is -0.139. The molecule has 0 fully saturated rings. The fourth-order valence-corrected chi connectivity index (χ4v) is 1.87. The second-order valence-electron chi connectivity index (χ2n) is 4.56. The van der Waals surface area contributed by atoms with Gasteiger partial charge >= 0.3 is 12.8 Å². The molecule has 114 valence electrons. The molecule has 0 aliphatic heterocycles. The third-order valence-corrected chi connectivity index (χ3v) is 2.68. The van der Waals surface area contributed by atoms with E-state index in [0.717, 1.165) is 0 Å². The van der Waals surface area contributed by atoms with Gasteiger partial charge in [-0.15, -0.1) is 0 Å². The Labute approximate surface area is 113 Å². The van der Waals surface area contributed by atoms with Crippen molar-refractivity contribution in [1.29, 1.82) is 0 Å². The third-order valence-electron chi connectivity index (χ3n) is 2.68. The number of nitrogens with one attached hydrogen (secondary N) is 1. The number of hydrogen-bond acceptors (Lipinski definition) is 2. The molecule has 0 radical (unpaired) electrons. The number of alkyl halides is 5. The van der Waals surface area contributed by atoms with E-state index in [1.54, 1.807) is 6.92 Å². The van der Waals surface area contributed by atoms with Crippen LogP contribution in [0, 0.1) is 0 Å². The molecule has 2 unspecified atom stereocenters. The van der Waals surface area contributed by atoms with Crippen molar-refractivity contribution in [2.75, 3.05) is 0 Å². The standard InChI is InChI=1S/C13H16F5NO/c1-8(7-13(16,17)18)19-9(2)10-3-5-11(6-4-10)20-12(14)15/h3-6,8-9,12,19H,7H2,1-2H3. The van der Waals surface area contributed by atoms with Crippen LogP contribution in [-0.4, -0.2) is 18.8 Å². The van der Waals surface area contributed by atoms with Crippen LogP contribution >= 0.6 is 0 Å². The van der Waals surface area contributed by atoms with Crippen molar-refractivity contribution in [2.24, 2.45) is 0 Å². The van der Waals surface area contributed by atoms with Gasteiger partial charge in [0.2, 0.25) is 0 Å². The molecule has 7 heteroatoms. The Bertz CT molecular complexity index is 404. The van der Waals surface area contributed by atoms with Crippen molar-refractivity contribution < 1.29 is 26.7 Å². The van der Waals surface area contributed by atoms with Crippen LogP contribution < -0.4 is 10.1 Å². The summed E-state index contributed by atoms with van der Waals surface area (Å²) in [6, 6.07) is 4.73. The first-order chi connectivity index (χ1) is 9.17. The smallest absolute Gasteiger partial charge is 0.390 e. The molecule has 0 saturated heterocycles. The summed E-state index contributed by atoms with van der Waals surface area (Å²) < 4.78 is 64.7. The molecule has 1 aromatic rings. The van der Waals surface area contributed by atoms with Crippen molar-refractivity contribution >= 4 is 0 Å². The van der Waals surface area contributed by atoms with Crippen LogP contribution in [0.25, 0.3) is 0 Å². The Balaban J connectivity index is 2.57. The van der Waals surface area contributed by atoms with E-state index in [0.29, 0.717) is 5.56 Å². The number of hydrogen-bond donors (Lipinski definition) is 1. The minimum atomic E-state index is -4.22. The lowest BCUT2D eigenvalue weighted by Gasteiger charge is -2.21. The van der Waals surface area contributed by atoms with Gasteiger partial charge in [0.1, 0.15) is 5.75 Å². The largest absolute Gasteiger partial charge is 0.435 e. The van der Waals surface area contributed by atoms with Gasteiger partial charge in [-0.25, -0.2) is 0 Å². The monoisotopic (exact) mass is 297 g/mol. The fraction of sp³-hybridized carbons (Fsp3) is 0.538. The maximum atomic E-state index is 12.2. The molecule has 2 atom stereocenters. The highest BCUT2D eigenvalue weighted by atomic mass is 19.4. The van der Waals surface area contributed by atoms with Crippen molar-refractivity contribution in [3.05, 3.63) is 29.8 Å². The van der Waals surface area contributed by atoms with E-state index in [-0.39, 0.29) is 11.8 Å². The predicted molar refractivity (Wildman–Crippen MR) is 64.8 cm³/mol. The lowest BCUT2D eigenvalue weighted by Crippen LogP contribution is -2.33. The van der Waals surface area contributed by atoms with Crippen LogP contribution in [-0.2, 0) is 0 Å². The second kappa shape index (κ2) is 6.88. The molecule has 0 saturated carbocycles. The van der Waals surface area contributed by atoms with E-state index in [2.05, 4.69) is 10.1 Å². The van der Waals surface area contributed by atoms with Crippen LogP contribution in [0.3, 0.4) is 0 Å². The van der Waals surface area contributed by atoms with Crippen LogP contribution in [0.1, 0.15) is 31.9 Å². The van der Waals surface area contributed by atoms with Crippen LogP contribution in [0.15, 0.2) is 24.3 Å². The minimum absolute atomic E-state index is 0.0132. The molecule has 0 bridgehead atoms. The SMILES string of the molecule is CC(CC(F)(F)F)NC(C)c1ccc(OC(F)F)cc1. The van der Waals surface area contributed by atoms with Gasteiger partial charge in [-0.2, -0.15) is 22.0 Å². The summed E-state index contributed by atoms with van der Waals surface area (Å²) in [5.41, 5.74) is 0.695. The van der Waals surface area contributed by atoms with Gasteiger partial charge in [-0.1, -0.05) is 12.1 Å². The van der Waals surface area contributed by atoms with Crippen molar-refractivity contribution in [2.45, 2.75) is 45.1 Å². The molecule has 0 spiro atoms. The summed E-state index contributed by atoms with van der Waals surface area (Å²) >= 11 is 0. The molecule has 2 nitrogen and oxygen atoms in total. The number of ether oxygens (including phenoxy) is 1. The highest BCUT2D eigenvalue weighted by molar-refractivity contribution is 5.29. The second-order valence-corrected chi connectivity index (χ2v) is 4.56. The van der Waals surface area contributed by atoms with Gasteiger partial charge in [0.05, 0.1) is 6.42 Å². The number of benzene rings is 1. The van der Waals surface area contributed by atoms with Crippen LogP contribution in [0.5, 0.6) is 5.75 Å². The van der Waals surface area contributed by atoms with Crippen LogP contribution in [0.2, 0.25) is 0 Å². The molecule has 1 aromatic carbocycles. The highest BCUT2D eigenvalue weighted by Crippen LogP contribution is 2.24. The maximum Gasteiger partial charge on any atom is 0.390 e. The fourth-order valence-electron chi connectivity index (χ4n) is 1.87. The minimum Gasteiger partial charge on any atom is -0.435 e. The first-order valence-electron chi connectivity index (χ1n) is 6.05. The summed E-state index contributed by atoms with van der Waals surface area (Å²) in [6.45, 7) is 0.247. The highest BCUT2D eigenvalue weighted by Gasteiger charge is 2.30. The Hall–Kier alpha value is -1.37. The Kier molecular flexibility index (Phi) is 5.74. The van der Waals surface area contributed by atoms with Gasteiger partial charge in [-0.3, -0.25) is 0 Å². The molecule has 0 amide bonds. The first kappa shape index (κ1) is 16.7. The molecule has 20 heavy (non-hydrogen) atoms. The van der Waals surface area contributed by atoms with Crippen molar-refractivity contribution in [3.63, 3.8) is 0 Å². The van der Waals surface area contributed by atoms with E-state index in [1.165, 1.54) is 31.2 Å². The Morgan fingerprint density at radius 2 is 1.65 bits per heavy atom. The predicted octanol–water partition coefficient (Wildman–Crippen LogP) is 4.28. The molecule has 0 heterocycles. The van der Waals surface area contributed by atoms with Crippen LogP contribution in [0.4, 0.5) is 22.0 Å². The zero-order valence-electron chi connectivity index (χ0n) is 11.0. The van der Waals surface area contributed by atoms with Crippen molar-refractivity contribution in [1.82, 2.24) is 5.32 Å². The first-order valence-corrected chi connectivity index (χ1v) is 6.05. The van der Waals surface area contributed by atoms with Crippen molar-refractivity contribution in [3.8, 4) is 5.75 Å². The normalized spacial score (nSPS) is 15.2. The maximum absolute atomic E-state index is 12.2. The lowest BCUT2D eigenvalue weighted by atomic mass is 10.1. The van der Waals surface area contributed by atoms with Gasteiger partial charge in [-0.05, 0) is 31.5 Å². The molecule has 0 aliphatic carbocycles. The number of rotatable bonds is 6.